The van der Waals surface area contributed by atoms with Crippen LogP contribution >= 0.6 is 0 Å². The molecule has 1 N–H and O–H groups in total. The number of carbonyl (C=O) groups is 3. The summed E-state index contributed by atoms with van der Waals surface area (Å²) in [4.78, 5) is 41.0. The van der Waals surface area contributed by atoms with E-state index in [-0.39, 0.29) is 23.4 Å². The number of hydrogen-bond acceptors (Lipinski definition) is 4. The predicted octanol–water partition coefficient (Wildman–Crippen LogP) is 8.22. The zero-order valence-electron chi connectivity index (χ0n) is 25.4. The SMILES string of the molecule is CCCC(=O)c1cc(-c2ccc3c4c(cc(C)c3c2)[N+](CCCCCC(=O)O)=C(C)C4(C)C)cc(C(=O)CCC)n1. The van der Waals surface area contributed by atoms with E-state index in [1.165, 1.54) is 27.9 Å². The number of aromatic nitrogens is 1. The quantitative estimate of drug-likeness (QED) is 0.130. The Hall–Kier alpha value is -3.67. The topological polar surface area (TPSA) is 87.3 Å². The number of aliphatic carboxylic acids is 1. The number of rotatable bonds is 13. The largest absolute Gasteiger partial charge is 0.481 e. The Kier molecular flexibility index (Phi) is 9.21. The van der Waals surface area contributed by atoms with Gasteiger partial charge < -0.3 is 5.11 Å². The minimum absolute atomic E-state index is 0.0366. The summed E-state index contributed by atoms with van der Waals surface area (Å²) in [6.45, 7) is 13.7. The van der Waals surface area contributed by atoms with Crippen molar-refractivity contribution in [3.05, 3.63) is 58.9 Å². The molecule has 1 aliphatic heterocycles. The Balaban J connectivity index is 1.76. The van der Waals surface area contributed by atoms with Crippen molar-refractivity contribution >= 4 is 39.7 Å². The first-order valence-electron chi connectivity index (χ1n) is 15.0. The van der Waals surface area contributed by atoms with Crippen LogP contribution in [0.4, 0.5) is 5.69 Å². The number of aryl methyl sites for hydroxylation is 1. The average molecular weight is 556 g/mol. The smallest absolute Gasteiger partial charge is 0.303 e. The van der Waals surface area contributed by atoms with Crippen LogP contribution < -0.4 is 0 Å². The number of Topliss-reactive ketones (excluding diaryl/α,β-unsaturated/α-hetero) is 2. The van der Waals surface area contributed by atoms with Gasteiger partial charge in [0.05, 0.1) is 5.41 Å². The number of ketones is 2. The van der Waals surface area contributed by atoms with Crippen LogP contribution in [0.2, 0.25) is 0 Å². The molecule has 0 saturated heterocycles. The molecule has 0 unspecified atom stereocenters. The van der Waals surface area contributed by atoms with Crippen molar-refractivity contribution in [2.24, 2.45) is 0 Å². The number of carbonyl (C=O) groups excluding carboxylic acids is 2. The number of pyridine rings is 1. The number of carboxylic acid groups (broad SMARTS) is 1. The first kappa shape index (κ1) is 30.3. The van der Waals surface area contributed by atoms with Gasteiger partial charge in [-0.05, 0) is 92.1 Å². The van der Waals surface area contributed by atoms with E-state index in [4.69, 9.17) is 5.11 Å². The molecule has 216 valence electrons. The van der Waals surface area contributed by atoms with E-state index in [1.807, 2.05) is 26.0 Å². The van der Waals surface area contributed by atoms with Gasteiger partial charge in [0, 0.05) is 44.2 Å². The van der Waals surface area contributed by atoms with Crippen molar-refractivity contribution in [1.29, 1.82) is 0 Å². The molecular formula is C35H43N2O4+. The van der Waals surface area contributed by atoms with E-state index >= 15 is 0 Å². The molecule has 41 heavy (non-hydrogen) atoms. The van der Waals surface area contributed by atoms with Gasteiger partial charge in [-0.1, -0.05) is 26.0 Å². The number of hydrogen-bond donors (Lipinski definition) is 1. The van der Waals surface area contributed by atoms with Crippen molar-refractivity contribution in [3.8, 4) is 11.1 Å². The molecule has 0 bridgehead atoms. The second kappa shape index (κ2) is 12.5. The van der Waals surface area contributed by atoms with Crippen LogP contribution in [0.15, 0.2) is 36.4 Å². The van der Waals surface area contributed by atoms with Gasteiger partial charge in [-0.25, -0.2) is 4.98 Å². The van der Waals surface area contributed by atoms with Gasteiger partial charge in [-0.2, -0.15) is 4.58 Å². The molecule has 1 aromatic heterocycles. The highest BCUT2D eigenvalue weighted by Gasteiger charge is 2.44. The minimum atomic E-state index is -0.735. The van der Waals surface area contributed by atoms with Gasteiger partial charge in [0.1, 0.15) is 17.9 Å². The number of benzene rings is 2. The molecular weight excluding hydrogens is 512 g/mol. The molecule has 0 aliphatic carbocycles. The Bertz CT molecular complexity index is 1510. The molecule has 0 saturated carbocycles. The van der Waals surface area contributed by atoms with Gasteiger partial charge in [0.2, 0.25) is 5.69 Å². The predicted molar refractivity (Wildman–Crippen MR) is 165 cm³/mol. The maximum absolute atomic E-state index is 12.8. The summed E-state index contributed by atoms with van der Waals surface area (Å²) in [7, 11) is 0. The van der Waals surface area contributed by atoms with E-state index in [0.29, 0.717) is 30.7 Å². The fraction of sp³-hybridized carbons (Fsp3) is 0.457. The standard InChI is InChI=1S/C35H42N2O4/c1-7-12-31(38)28-20-25(21-29(36-28)32(39)13-8-2)24-15-16-26-27(19-24)22(3)18-30-34(26)35(5,6)23(4)37(30)17-11-9-10-14-33(40)41/h15-16,18-21H,7-14,17H2,1-6H3/p+1. The Morgan fingerprint density at radius 1 is 0.805 bits per heavy atom. The summed E-state index contributed by atoms with van der Waals surface area (Å²) < 4.78 is 2.41. The molecule has 0 radical (unpaired) electrons. The van der Waals surface area contributed by atoms with Gasteiger partial charge in [-0.3, -0.25) is 14.4 Å². The highest BCUT2D eigenvalue weighted by Crippen LogP contribution is 2.45. The van der Waals surface area contributed by atoms with E-state index < -0.39 is 5.97 Å². The molecule has 4 rings (SSSR count). The summed E-state index contributed by atoms with van der Waals surface area (Å²) in [5, 5.41) is 11.3. The van der Waals surface area contributed by atoms with Crippen LogP contribution in [0.25, 0.3) is 21.9 Å². The molecule has 2 aromatic carbocycles. The summed E-state index contributed by atoms with van der Waals surface area (Å²) >= 11 is 0. The van der Waals surface area contributed by atoms with Crippen molar-refractivity contribution in [1.82, 2.24) is 4.98 Å². The Morgan fingerprint density at radius 3 is 2.02 bits per heavy atom. The van der Waals surface area contributed by atoms with Crippen LogP contribution in [0, 0.1) is 6.92 Å². The van der Waals surface area contributed by atoms with Crippen molar-refractivity contribution < 1.29 is 24.1 Å². The third-order valence-electron chi connectivity index (χ3n) is 8.50. The first-order valence-corrected chi connectivity index (χ1v) is 15.0. The van der Waals surface area contributed by atoms with E-state index in [1.54, 1.807) is 0 Å². The summed E-state index contributed by atoms with van der Waals surface area (Å²) in [5.41, 5.74) is 7.37. The highest BCUT2D eigenvalue weighted by molar-refractivity contribution is 6.04. The van der Waals surface area contributed by atoms with Crippen LogP contribution in [0.5, 0.6) is 0 Å². The average Bonchev–Trinajstić information content (AvgIpc) is 3.12. The number of unbranched alkanes of at least 4 members (excludes halogenated alkanes) is 2. The normalized spacial score (nSPS) is 14.0. The lowest BCUT2D eigenvalue weighted by molar-refractivity contribution is -0.439. The van der Waals surface area contributed by atoms with Gasteiger partial charge in [0.15, 0.2) is 17.3 Å². The van der Waals surface area contributed by atoms with Crippen molar-refractivity contribution in [2.45, 2.75) is 98.3 Å². The lowest BCUT2D eigenvalue weighted by atomic mass is 9.79. The summed E-state index contributed by atoms with van der Waals surface area (Å²) in [5.74, 6) is -0.808. The van der Waals surface area contributed by atoms with E-state index in [9.17, 15) is 14.4 Å². The zero-order chi connectivity index (χ0) is 29.9. The summed E-state index contributed by atoms with van der Waals surface area (Å²) in [6, 6.07) is 12.4. The number of carboxylic acids is 1. The maximum atomic E-state index is 12.8. The Labute approximate surface area is 243 Å². The molecule has 2 heterocycles. The molecule has 0 amide bonds. The van der Waals surface area contributed by atoms with E-state index in [0.717, 1.165) is 48.7 Å². The molecule has 6 heteroatoms. The highest BCUT2D eigenvalue weighted by atomic mass is 16.4. The van der Waals surface area contributed by atoms with Crippen molar-refractivity contribution in [2.75, 3.05) is 6.54 Å². The number of nitrogens with zero attached hydrogens (tertiary/aromatic N) is 2. The number of fused-ring (bicyclic) bond motifs is 3. The van der Waals surface area contributed by atoms with Crippen LogP contribution in [-0.2, 0) is 10.2 Å². The van der Waals surface area contributed by atoms with Crippen LogP contribution in [0.3, 0.4) is 0 Å². The van der Waals surface area contributed by atoms with Gasteiger partial charge in [0.25, 0.3) is 0 Å². The second-order valence-corrected chi connectivity index (χ2v) is 11.9. The molecule has 6 nitrogen and oxygen atoms in total. The molecule has 0 fully saturated rings. The van der Waals surface area contributed by atoms with Crippen LogP contribution in [-0.4, -0.2) is 44.5 Å². The first-order chi connectivity index (χ1) is 19.5. The Morgan fingerprint density at radius 2 is 1.44 bits per heavy atom. The van der Waals surface area contributed by atoms with Crippen molar-refractivity contribution in [3.63, 3.8) is 0 Å². The molecule has 3 aromatic rings. The maximum Gasteiger partial charge on any atom is 0.303 e. The van der Waals surface area contributed by atoms with Gasteiger partial charge >= 0.3 is 5.97 Å². The third kappa shape index (κ3) is 6.17. The third-order valence-corrected chi connectivity index (χ3v) is 8.50. The van der Waals surface area contributed by atoms with E-state index in [2.05, 4.69) is 61.5 Å². The lowest BCUT2D eigenvalue weighted by Gasteiger charge is -2.19. The zero-order valence-corrected chi connectivity index (χ0v) is 25.4. The van der Waals surface area contributed by atoms with Crippen LogP contribution in [0.1, 0.15) is 118 Å². The lowest BCUT2D eigenvalue weighted by Crippen LogP contribution is -2.26. The fourth-order valence-electron chi connectivity index (χ4n) is 6.03. The van der Waals surface area contributed by atoms with Gasteiger partial charge in [-0.15, -0.1) is 0 Å². The fourth-order valence-corrected chi connectivity index (χ4v) is 6.03. The monoisotopic (exact) mass is 555 g/mol. The minimum Gasteiger partial charge on any atom is -0.481 e. The molecule has 1 aliphatic rings. The molecule has 0 atom stereocenters. The molecule has 0 spiro atoms. The second-order valence-electron chi connectivity index (χ2n) is 11.9. The summed E-state index contributed by atoms with van der Waals surface area (Å²) in [6.07, 6.45) is 5.02.